The molecule has 5 N–H and O–H groups in total. The van der Waals surface area contributed by atoms with Crippen LogP contribution in [0.3, 0.4) is 0 Å². The first-order valence-electron chi connectivity index (χ1n) is 7.96. The molecule has 2 aromatic carbocycles. The van der Waals surface area contributed by atoms with E-state index < -0.39 is 23.2 Å². The van der Waals surface area contributed by atoms with Gasteiger partial charge in [-0.1, -0.05) is 0 Å². The summed E-state index contributed by atoms with van der Waals surface area (Å²) in [5.41, 5.74) is 0.448. The average molecular weight is 360 g/mol. The Morgan fingerprint density at radius 1 is 0.885 bits per heavy atom. The van der Waals surface area contributed by atoms with Gasteiger partial charge in [0.1, 0.15) is 5.75 Å². The quantitative estimate of drug-likeness (QED) is 0.375. The Hall–Kier alpha value is -3.42. The smallest absolute Gasteiger partial charge is 0.251 e. The average Bonchev–Trinajstić information content (AvgIpc) is 2.63. The molecule has 2 rings (SSSR count). The molecular weight excluding hydrogens is 340 g/mol. The molecule has 0 bridgehead atoms. The Bertz CT molecular complexity index is 766. The van der Waals surface area contributed by atoms with Gasteiger partial charge in [-0.15, -0.1) is 0 Å². The van der Waals surface area contributed by atoms with Gasteiger partial charge in [-0.2, -0.15) is 0 Å². The molecule has 26 heavy (non-hydrogen) atoms. The van der Waals surface area contributed by atoms with E-state index in [4.69, 9.17) is 4.74 Å². The lowest BCUT2D eigenvalue weighted by Crippen LogP contribution is -2.34. The lowest BCUT2D eigenvalue weighted by atomic mass is 10.1. The first-order chi connectivity index (χ1) is 12.4. The number of benzene rings is 2. The van der Waals surface area contributed by atoms with Crippen LogP contribution in [0.1, 0.15) is 27.6 Å². The van der Waals surface area contributed by atoms with Crippen molar-refractivity contribution in [3.63, 3.8) is 0 Å². The van der Waals surface area contributed by atoms with Crippen molar-refractivity contribution < 1.29 is 29.6 Å². The monoisotopic (exact) mass is 360 g/mol. The van der Waals surface area contributed by atoms with Gasteiger partial charge in [0.25, 0.3) is 11.8 Å². The molecule has 0 heterocycles. The molecule has 0 aliphatic carbocycles. The number of phenolic OH excluding ortho intramolecular Hbond substituents is 3. The number of hydrogen-bond acceptors (Lipinski definition) is 6. The van der Waals surface area contributed by atoms with Gasteiger partial charge < -0.3 is 30.7 Å². The zero-order valence-electron chi connectivity index (χ0n) is 14.2. The minimum atomic E-state index is -0.691. The van der Waals surface area contributed by atoms with E-state index in [0.29, 0.717) is 17.9 Å². The maximum absolute atomic E-state index is 12.0. The molecule has 138 valence electrons. The summed E-state index contributed by atoms with van der Waals surface area (Å²) in [5, 5.41) is 33.2. The van der Waals surface area contributed by atoms with Crippen molar-refractivity contribution in [3.05, 3.63) is 47.5 Å². The standard InChI is InChI=1S/C18H20N2O6/c1-2-26-13-5-3-11(4-6-13)17(24)19-7-8-20-18(25)12-9-14(21)16(23)15(22)10-12/h3-6,9-10,21-23H,2,7-8H2,1H3,(H,19,24)(H,20,25). The summed E-state index contributed by atoms with van der Waals surface area (Å²) in [6.45, 7) is 2.75. The van der Waals surface area contributed by atoms with E-state index in [1.807, 2.05) is 6.92 Å². The number of hydrogen-bond donors (Lipinski definition) is 5. The molecule has 0 radical (unpaired) electrons. The third kappa shape index (κ3) is 4.79. The minimum absolute atomic E-state index is 0.0179. The summed E-state index contributed by atoms with van der Waals surface area (Å²) in [4.78, 5) is 23.9. The second-order valence-corrected chi connectivity index (χ2v) is 5.33. The second-order valence-electron chi connectivity index (χ2n) is 5.33. The maximum atomic E-state index is 12.0. The van der Waals surface area contributed by atoms with Crippen LogP contribution in [0.2, 0.25) is 0 Å². The van der Waals surface area contributed by atoms with E-state index in [1.165, 1.54) is 0 Å². The SMILES string of the molecule is CCOc1ccc(C(=O)NCCNC(=O)c2cc(O)c(O)c(O)c2)cc1. The topological polar surface area (TPSA) is 128 Å². The van der Waals surface area contributed by atoms with Gasteiger partial charge in [-0.05, 0) is 43.3 Å². The van der Waals surface area contributed by atoms with E-state index in [2.05, 4.69) is 10.6 Å². The first kappa shape index (κ1) is 18.9. The van der Waals surface area contributed by atoms with Crippen molar-refractivity contribution in [2.75, 3.05) is 19.7 Å². The molecule has 0 aliphatic heterocycles. The fraction of sp³-hybridized carbons (Fsp3) is 0.222. The fourth-order valence-corrected chi connectivity index (χ4v) is 2.16. The van der Waals surface area contributed by atoms with Crippen LogP contribution in [-0.2, 0) is 0 Å². The van der Waals surface area contributed by atoms with Gasteiger partial charge in [0, 0.05) is 24.2 Å². The van der Waals surface area contributed by atoms with E-state index >= 15 is 0 Å². The number of carbonyl (C=O) groups excluding carboxylic acids is 2. The van der Waals surface area contributed by atoms with Crippen LogP contribution in [0.15, 0.2) is 36.4 Å². The molecule has 8 heteroatoms. The van der Waals surface area contributed by atoms with Crippen molar-refractivity contribution in [2.45, 2.75) is 6.92 Å². The molecular formula is C18H20N2O6. The van der Waals surface area contributed by atoms with Crippen molar-refractivity contribution in [1.29, 1.82) is 0 Å². The molecule has 0 aliphatic rings. The lowest BCUT2D eigenvalue weighted by molar-refractivity contribution is 0.0927. The third-order valence-corrected chi connectivity index (χ3v) is 3.46. The summed E-state index contributed by atoms with van der Waals surface area (Å²) >= 11 is 0. The van der Waals surface area contributed by atoms with Gasteiger partial charge in [-0.25, -0.2) is 0 Å². The van der Waals surface area contributed by atoms with Gasteiger partial charge in [-0.3, -0.25) is 9.59 Å². The molecule has 8 nitrogen and oxygen atoms in total. The number of carbonyl (C=O) groups is 2. The molecule has 0 spiro atoms. The Balaban J connectivity index is 1.80. The summed E-state index contributed by atoms with van der Waals surface area (Å²) in [6, 6.07) is 8.74. The molecule has 0 saturated heterocycles. The van der Waals surface area contributed by atoms with Crippen molar-refractivity contribution in [3.8, 4) is 23.0 Å². The predicted molar refractivity (Wildman–Crippen MR) is 93.7 cm³/mol. The van der Waals surface area contributed by atoms with Gasteiger partial charge >= 0.3 is 0 Å². The highest BCUT2D eigenvalue weighted by Gasteiger charge is 2.13. The predicted octanol–water partition coefficient (Wildman–Crippen LogP) is 1.36. The lowest BCUT2D eigenvalue weighted by Gasteiger charge is -2.09. The Morgan fingerprint density at radius 3 is 1.88 bits per heavy atom. The highest BCUT2D eigenvalue weighted by Crippen LogP contribution is 2.35. The molecule has 0 aromatic heterocycles. The largest absolute Gasteiger partial charge is 0.504 e. The zero-order valence-corrected chi connectivity index (χ0v) is 14.2. The second kappa shape index (κ2) is 8.61. The van der Waals surface area contributed by atoms with Gasteiger partial charge in [0.2, 0.25) is 0 Å². The molecule has 2 aromatic rings. The zero-order chi connectivity index (χ0) is 19.1. The molecule has 2 amide bonds. The Kier molecular flexibility index (Phi) is 6.26. The van der Waals surface area contributed by atoms with Crippen LogP contribution in [-0.4, -0.2) is 46.8 Å². The normalized spacial score (nSPS) is 10.2. The number of amides is 2. The van der Waals surface area contributed by atoms with Gasteiger partial charge in [0.15, 0.2) is 17.2 Å². The maximum Gasteiger partial charge on any atom is 0.251 e. The van der Waals surface area contributed by atoms with Crippen LogP contribution in [0, 0.1) is 0 Å². The van der Waals surface area contributed by atoms with Crippen molar-refractivity contribution >= 4 is 11.8 Å². The van der Waals surface area contributed by atoms with E-state index in [9.17, 15) is 24.9 Å². The summed E-state index contributed by atoms with van der Waals surface area (Å²) in [6.07, 6.45) is 0. The van der Waals surface area contributed by atoms with E-state index in [0.717, 1.165) is 12.1 Å². The fourth-order valence-electron chi connectivity index (χ4n) is 2.16. The molecule has 0 unspecified atom stereocenters. The van der Waals surface area contributed by atoms with E-state index in [1.54, 1.807) is 24.3 Å². The molecule has 0 atom stereocenters. The van der Waals surface area contributed by atoms with Crippen LogP contribution in [0.5, 0.6) is 23.0 Å². The number of rotatable bonds is 7. The van der Waals surface area contributed by atoms with Crippen LogP contribution < -0.4 is 15.4 Å². The number of phenols is 3. The summed E-state index contributed by atoms with van der Waals surface area (Å²) < 4.78 is 5.30. The molecule has 0 saturated carbocycles. The highest BCUT2D eigenvalue weighted by molar-refractivity contribution is 5.96. The first-order valence-corrected chi connectivity index (χ1v) is 7.96. The van der Waals surface area contributed by atoms with Crippen molar-refractivity contribution in [2.24, 2.45) is 0 Å². The molecule has 0 fully saturated rings. The Morgan fingerprint density at radius 2 is 1.38 bits per heavy atom. The number of aromatic hydroxyl groups is 3. The van der Waals surface area contributed by atoms with E-state index in [-0.39, 0.29) is 24.6 Å². The van der Waals surface area contributed by atoms with Crippen LogP contribution in [0.25, 0.3) is 0 Å². The Labute approximate surface area is 150 Å². The summed E-state index contributed by atoms with van der Waals surface area (Å²) in [7, 11) is 0. The highest BCUT2D eigenvalue weighted by atomic mass is 16.5. The number of ether oxygens (including phenoxy) is 1. The number of nitrogens with one attached hydrogen (secondary N) is 2. The van der Waals surface area contributed by atoms with Crippen LogP contribution >= 0.6 is 0 Å². The van der Waals surface area contributed by atoms with Crippen molar-refractivity contribution in [1.82, 2.24) is 10.6 Å². The van der Waals surface area contributed by atoms with Gasteiger partial charge in [0.05, 0.1) is 6.61 Å². The van der Waals surface area contributed by atoms with Crippen LogP contribution in [0.4, 0.5) is 0 Å². The third-order valence-electron chi connectivity index (χ3n) is 3.46. The summed E-state index contributed by atoms with van der Waals surface area (Å²) in [5.74, 6) is -2.06. The minimum Gasteiger partial charge on any atom is -0.504 e.